The summed E-state index contributed by atoms with van der Waals surface area (Å²) in [7, 11) is 0. The number of halogens is 2. The average molecular weight is 303 g/mol. The van der Waals surface area contributed by atoms with Gasteiger partial charge in [0.05, 0.1) is 5.92 Å². The molecule has 1 N–H and O–H groups in total. The van der Waals surface area contributed by atoms with Gasteiger partial charge >= 0.3 is 0 Å². The average Bonchev–Trinajstić information content (AvgIpc) is 3.40. The number of anilines is 2. The molecule has 0 bridgehead atoms. The summed E-state index contributed by atoms with van der Waals surface area (Å²) in [5.41, 5.74) is 1.15. The van der Waals surface area contributed by atoms with Gasteiger partial charge in [0, 0.05) is 30.5 Å². The molecular weight excluding hydrogens is 288 g/mol. The van der Waals surface area contributed by atoms with Crippen molar-refractivity contribution >= 4 is 11.5 Å². The minimum Gasteiger partial charge on any atom is -0.336 e. The van der Waals surface area contributed by atoms with Crippen LogP contribution in [-0.2, 0) is 0 Å². The van der Waals surface area contributed by atoms with Crippen molar-refractivity contribution in [2.45, 2.75) is 37.1 Å². The monoisotopic (exact) mass is 303 g/mol. The molecule has 114 valence electrons. The fourth-order valence-electron chi connectivity index (χ4n) is 2.66. The third kappa shape index (κ3) is 2.38. The summed E-state index contributed by atoms with van der Waals surface area (Å²) in [5, 5.41) is 2.97. The van der Waals surface area contributed by atoms with Gasteiger partial charge in [0.2, 0.25) is 0 Å². The summed E-state index contributed by atoms with van der Waals surface area (Å²) < 4.78 is 27.8. The van der Waals surface area contributed by atoms with E-state index in [0.29, 0.717) is 11.3 Å². The first kappa shape index (κ1) is 13.4. The molecular formula is C16H15F2N3O. The molecule has 1 aromatic carbocycles. The minimum absolute atomic E-state index is 0.0773. The lowest BCUT2D eigenvalue weighted by Crippen LogP contribution is -2.22. The van der Waals surface area contributed by atoms with Crippen LogP contribution in [0.3, 0.4) is 0 Å². The molecule has 2 aromatic rings. The summed E-state index contributed by atoms with van der Waals surface area (Å²) in [5.74, 6) is -2.96. The van der Waals surface area contributed by atoms with E-state index in [4.69, 9.17) is 0 Å². The molecule has 0 spiro atoms. The van der Waals surface area contributed by atoms with Gasteiger partial charge in [0.25, 0.3) is 11.5 Å². The number of nitrogens with zero attached hydrogens (tertiary/aromatic N) is 2. The van der Waals surface area contributed by atoms with Crippen molar-refractivity contribution in [3.05, 3.63) is 52.6 Å². The van der Waals surface area contributed by atoms with Gasteiger partial charge < -0.3 is 9.88 Å². The predicted molar refractivity (Wildman–Crippen MR) is 78.8 cm³/mol. The van der Waals surface area contributed by atoms with Crippen LogP contribution in [0.4, 0.5) is 20.3 Å². The first-order valence-electron chi connectivity index (χ1n) is 7.36. The molecule has 0 radical (unpaired) electrons. The van der Waals surface area contributed by atoms with Crippen molar-refractivity contribution in [3.63, 3.8) is 0 Å². The van der Waals surface area contributed by atoms with E-state index in [-0.39, 0.29) is 23.8 Å². The van der Waals surface area contributed by atoms with E-state index >= 15 is 0 Å². The molecule has 2 saturated carbocycles. The van der Waals surface area contributed by atoms with Gasteiger partial charge in [-0.25, -0.2) is 13.8 Å². The molecule has 22 heavy (non-hydrogen) atoms. The highest BCUT2D eigenvalue weighted by molar-refractivity contribution is 5.56. The first-order chi connectivity index (χ1) is 10.5. The van der Waals surface area contributed by atoms with Gasteiger partial charge in [-0.05, 0) is 30.5 Å². The topological polar surface area (TPSA) is 46.9 Å². The molecule has 1 atom stereocenters. The molecule has 2 aliphatic rings. The minimum atomic E-state index is -2.56. The molecule has 2 aliphatic carbocycles. The SMILES string of the molecule is O=c1c(Nc2ccc(C3CC3(F)F)cc2)nccn1C1CC1. The second kappa shape index (κ2) is 4.63. The number of hydrogen-bond acceptors (Lipinski definition) is 3. The molecule has 6 heteroatoms. The van der Waals surface area contributed by atoms with Gasteiger partial charge in [-0.1, -0.05) is 12.1 Å². The maximum atomic E-state index is 13.0. The van der Waals surface area contributed by atoms with Crippen molar-refractivity contribution in [1.82, 2.24) is 9.55 Å². The maximum Gasteiger partial charge on any atom is 0.293 e. The third-order valence-electron chi connectivity index (χ3n) is 4.21. The molecule has 4 nitrogen and oxygen atoms in total. The highest BCUT2D eigenvalue weighted by Crippen LogP contribution is 2.55. The van der Waals surface area contributed by atoms with Crippen molar-refractivity contribution in [3.8, 4) is 0 Å². The van der Waals surface area contributed by atoms with Crippen LogP contribution in [0.25, 0.3) is 0 Å². The number of aromatic nitrogens is 2. The Morgan fingerprint density at radius 2 is 1.91 bits per heavy atom. The number of nitrogens with one attached hydrogen (secondary N) is 1. The van der Waals surface area contributed by atoms with Crippen LogP contribution in [0, 0.1) is 0 Å². The molecule has 0 saturated heterocycles. The number of benzene rings is 1. The lowest BCUT2D eigenvalue weighted by Gasteiger charge is -2.09. The lowest BCUT2D eigenvalue weighted by atomic mass is 10.1. The Balaban J connectivity index is 1.54. The quantitative estimate of drug-likeness (QED) is 0.941. The van der Waals surface area contributed by atoms with Crippen LogP contribution in [0.15, 0.2) is 41.5 Å². The van der Waals surface area contributed by atoms with Crippen LogP contribution in [0.1, 0.15) is 36.8 Å². The number of rotatable bonds is 4. The third-order valence-corrected chi connectivity index (χ3v) is 4.21. The zero-order valence-electron chi connectivity index (χ0n) is 11.8. The van der Waals surface area contributed by atoms with E-state index in [1.807, 2.05) is 0 Å². The van der Waals surface area contributed by atoms with Crippen molar-refractivity contribution in [2.75, 3.05) is 5.32 Å². The highest BCUT2D eigenvalue weighted by atomic mass is 19.3. The Morgan fingerprint density at radius 1 is 1.23 bits per heavy atom. The Hall–Kier alpha value is -2.24. The Kier molecular flexibility index (Phi) is 2.82. The zero-order valence-corrected chi connectivity index (χ0v) is 11.8. The molecule has 4 rings (SSSR count). The Bertz CT molecular complexity index is 766. The molecule has 2 fully saturated rings. The molecule has 0 amide bonds. The molecule has 1 aromatic heterocycles. The first-order valence-corrected chi connectivity index (χ1v) is 7.36. The van der Waals surface area contributed by atoms with Gasteiger partial charge in [-0.3, -0.25) is 4.79 Å². The summed E-state index contributed by atoms with van der Waals surface area (Å²) in [6.07, 6.45) is 5.26. The zero-order chi connectivity index (χ0) is 15.3. The number of alkyl halides is 2. The normalized spacial score (nSPS) is 22.4. The van der Waals surface area contributed by atoms with Crippen molar-refractivity contribution < 1.29 is 8.78 Å². The fourth-order valence-corrected chi connectivity index (χ4v) is 2.66. The van der Waals surface area contributed by atoms with Gasteiger partial charge in [0.1, 0.15) is 0 Å². The number of hydrogen-bond donors (Lipinski definition) is 1. The van der Waals surface area contributed by atoms with Crippen LogP contribution in [0.5, 0.6) is 0 Å². The lowest BCUT2D eigenvalue weighted by molar-refractivity contribution is 0.112. The Morgan fingerprint density at radius 3 is 2.50 bits per heavy atom. The highest BCUT2D eigenvalue weighted by Gasteiger charge is 2.57. The second-order valence-electron chi connectivity index (χ2n) is 5.98. The van der Waals surface area contributed by atoms with Gasteiger partial charge in [-0.2, -0.15) is 0 Å². The standard InChI is InChI=1S/C16H15F2N3O/c17-16(18)9-13(16)10-1-3-11(4-2-10)20-14-15(22)21(8-7-19-14)12-5-6-12/h1-4,7-8,12-13H,5-6,9H2,(H,19,20). The fraction of sp³-hybridized carbons (Fsp3) is 0.375. The van der Waals surface area contributed by atoms with Gasteiger partial charge in [0.15, 0.2) is 5.82 Å². The van der Waals surface area contributed by atoms with Crippen molar-refractivity contribution in [1.29, 1.82) is 0 Å². The van der Waals surface area contributed by atoms with E-state index in [1.54, 1.807) is 41.2 Å². The molecule has 1 heterocycles. The van der Waals surface area contributed by atoms with Crippen LogP contribution in [-0.4, -0.2) is 15.5 Å². The molecule has 1 unspecified atom stereocenters. The smallest absolute Gasteiger partial charge is 0.293 e. The summed E-state index contributed by atoms with van der Waals surface area (Å²) in [6, 6.07) is 7.06. The second-order valence-corrected chi connectivity index (χ2v) is 5.98. The van der Waals surface area contributed by atoms with E-state index in [1.165, 1.54) is 0 Å². The van der Waals surface area contributed by atoms with E-state index in [0.717, 1.165) is 12.8 Å². The van der Waals surface area contributed by atoms with Gasteiger partial charge in [-0.15, -0.1) is 0 Å². The predicted octanol–water partition coefficient (Wildman–Crippen LogP) is 3.44. The maximum absolute atomic E-state index is 13.0. The van der Waals surface area contributed by atoms with E-state index in [9.17, 15) is 13.6 Å². The molecule has 0 aliphatic heterocycles. The summed E-state index contributed by atoms with van der Waals surface area (Å²) in [4.78, 5) is 16.3. The van der Waals surface area contributed by atoms with E-state index < -0.39 is 11.8 Å². The van der Waals surface area contributed by atoms with Crippen LogP contribution < -0.4 is 10.9 Å². The largest absolute Gasteiger partial charge is 0.336 e. The Labute approximate surface area is 125 Å². The van der Waals surface area contributed by atoms with Crippen molar-refractivity contribution in [2.24, 2.45) is 0 Å². The van der Waals surface area contributed by atoms with E-state index in [2.05, 4.69) is 10.3 Å². The van der Waals surface area contributed by atoms with Crippen LogP contribution in [0.2, 0.25) is 0 Å². The summed E-state index contributed by atoms with van der Waals surface area (Å²) >= 11 is 0. The van der Waals surface area contributed by atoms with Crippen LogP contribution >= 0.6 is 0 Å². The summed E-state index contributed by atoms with van der Waals surface area (Å²) in [6.45, 7) is 0.